The molecule has 2 aliphatic carbocycles. The molecule has 8 nitrogen and oxygen atoms in total. The summed E-state index contributed by atoms with van der Waals surface area (Å²) in [5, 5.41) is 14.9. The molecule has 6 atom stereocenters. The Bertz CT molecular complexity index is 2370. The number of hydrogen-bond acceptors (Lipinski definition) is 6. The van der Waals surface area contributed by atoms with E-state index >= 15 is 4.79 Å². The third-order valence-electron chi connectivity index (χ3n) is 11.8. The monoisotopic (exact) mass is 725 g/mol. The minimum absolute atomic E-state index is 0.0337. The van der Waals surface area contributed by atoms with Crippen LogP contribution in [-0.4, -0.2) is 38.6 Å². The van der Waals surface area contributed by atoms with Crippen LogP contribution in [0.4, 0.5) is 10.1 Å². The summed E-state index contributed by atoms with van der Waals surface area (Å²) in [6.45, 7) is 0.132. The zero-order valence-electron chi connectivity index (χ0n) is 28.3. The summed E-state index contributed by atoms with van der Waals surface area (Å²) in [5.41, 5.74) is 4.19. The number of aromatic hydroxyl groups is 1. The molecule has 264 valence electrons. The topological polar surface area (TPSA) is 107 Å². The number of rotatable bonds is 6. The van der Waals surface area contributed by atoms with Gasteiger partial charge >= 0.3 is 0 Å². The Hall–Kier alpha value is -5.80. The van der Waals surface area contributed by atoms with E-state index in [2.05, 4.69) is 5.43 Å². The van der Waals surface area contributed by atoms with E-state index in [1.54, 1.807) is 36.4 Å². The van der Waals surface area contributed by atoms with Gasteiger partial charge in [-0.05, 0) is 71.7 Å². The molecule has 0 bridgehead atoms. The van der Waals surface area contributed by atoms with Crippen molar-refractivity contribution in [2.75, 3.05) is 5.43 Å². The predicted octanol–water partition coefficient (Wildman–Crippen LogP) is 7.52. The smallest absolute Gasteiger partial charge is 0.260 e. The predicted molar refractivity (Wildman–Crippen MR) is 197 cm³/mol. The van der Waals surface area contributed by atoms with Crippen LogP contribution in [-0.2, 0) is 31.1 Å². The molecule has 0 spiro atoms. The Labute approximate surface area is 309 Å². The molecule has 0 radical (unpaired) electrons. The fourth-order valence-corrected chi connectivity index (χ4v) is 9.62. The van der Waals surface area contributed by atoms with Gasteiger partial charge in [-0.1, -0.05) is 102 Å². The highest BCUT2D eigenvalue weighted by atomic mass is 35.5. The van der Waals surface area contributed by atoms with Crippen molar-refractivity contribution in [3.8, 4) is 5.75 Å². The quantitative estimate of drug-likeness (QED) is 0.139. The van der Waals surface area contributed by atoms with Crippen molar-refractivity contribution in [3.63, 3.8) is 0 Å². The van der Waals surface area contributed by atoms with Gasteiger partial charge < -0.3 is 5.11 Å². The second kappa shape index (κ2) is 12.4. The number of halogens is 2. The zero-order chi connectivity index (χ0) is 36.6. The normalized spacial score (nSPS) is 26.4. The Morgan fingerprint density at radius 2 is 1.51 bits per heavy atom. The van der Waals surface area contributed by atoms with E-state index in [0.29, 0.717) is 27.2 Å². The minimum atomic E-state index is -1.60. The molecule has 10 heteroatoms. The number of nitrogens with zero attached hydrogens (tertiary/aromatic N) is 2. The molecular weight excluding hydrogens is 693 g/mol. The number of carbonyl (C=O) groups is 4. The molecule has 2 saturated heterocycles. The van der Waals surface area contributed by atoms with Crippen molar-refractivity contribution < 1.29 is 28.7 Å². The number of benzene rings is 5. The first-order chi connectivity index (χ1) is 25.7. The number of carbonyl (C=O) groups excluding carboxylic acids is 4. The first kappa shape index (κ1) is 33.1. The van der Waals surface area contributed by atoms with Crippen molar-refractivity contribution >= 4 is 51.7 Å². The Morgan fingerprint density at radius 1 is 0.792 bits per heavy atom. The lowest BCUT2D eigenvalue weighted by Gasteiger charge is -2.50. The van der Waals surface area contributed by atoms with Crippen LogP contribution in [0, 0.1) is 29.5 Å². The molecule has 0 aromatic heterocycles. The van der Waals surface area contributed by atoms with Crippen LogP contribution < -0.4 is 5.43 Å². The highest BCUT2D eigenvalue weighted by Crippen LogP contribution is 2.65. The van der Waals surface area contributed by atoms with Crippen LogP contribution in [0.25, 0.3) is 10.8 Å². The van der Waals surface area contributed by atoms with Gasteiger partial charge in [-0.2, -0.15) is 5.01 Å². The highest BCUT2D eigenvalue weighted by Gasteiger charge is 2.70. The van der Waals surface area contributed by atoms with Gasteiger partial charge in [-0.3, -0.25) is 29.5 Å². The Balaban J connectivity index is 1.25. The molecule has 2 N–H and O–H groups in total. The maximum Gasteiger partial charge on any atom is 0.260 e. The van der Waals surface area contributed by atoms with Crippen LogP contribution in [0.15, 0.2) is 127 Å². The third kappa shape index (κ3) is 4.94. The van der Waals surface area contributed by atoms with Crippen molar-refractivity contribution in [1.82, 2.24) is 9.91 Å². The van der Waals surface area contributed by atoms with Gasteiger partial charge in [-0.25, -0.2) is 4.39 Å². The van der Waals surface area contributed by atoms with Gasteiger partial charge in [-0.15, -0.1) is 0 Å². The average Bonchev–Trinajstić information content (AvgIpc) is 3.54. The summed E-state index contributed by atoms with van der Waals surface area (Å²) < 4.78 is 13.9. The molecule has 6 unspecified atom stereocenters. The number of allylic oxidation sites excluding steroid dienone is 2. The average molecular weight is 726 g/mol. The standard InChI is InChI=1S/C43H33ClFN3O5/c44-27-13-11-26(12-14-27)43-35(40(51)48(42(43)53)46-29-17-15-28(45)16-18-29)22-34-31(37(43)33-19-10-25-8-4-5-9-30(25)38(33)49)20-21-32-36(34)41(52)47(39(32)50)23-24-6-2-1-3-7-24/h1-20,32,34-37,46,49H,21-23H2. The molecular formula is C43H33ClFN3O5. The molecule has 1 saturated carbocycles. The maximum absolute atomic E-state index is 15.4. The number of hydrazine groups is 1. The van der Waals surface area contributed by atoms with E-state index in [9.17, 15) is 23.9 Å². The summed E-state index contributed by atoms with van der Waals surface area (Å²) in [6, 6.07) is 32.6. The summed E-state index contributed by atoms with van der Waals surface area (Å²) in [5.74, 6) is -6.08. The molecule has 5 aromatic carbocycles. The second-order valence-corrected chi connectivity index (χ2v) is 14.8. The largest absolute Gasteiger partial charge is 0.507 e. The van der Waals surface area contributed by atoms with Crippen LogP contribution in [0.5, 0.6) is 5.75 Å². The number of fused-ring (bicyclic) bond motifs is 5. The van der Waals surface area contributed by atoms with Gasteiger partial charge in [0.2, 0.25) is 11.8 Å². The maximum atomic E-state index is 15.4. The Kier molecular flexibility index (Phi) is 7.74. The fraction of sp³-hybridized carbons (Fsp3) is 0.209. The lowest BCUT2D eigenvalue weighted by molar-refractivity contribution is -0.142. The SMILES string of the molecule is O=C1C2CC=C3C(CC4C(=O)N(Nc5ccc(F)cc5)C(=O)C4(c4ccc(Cl)cc4)C3c3ccc4ccccc4c3O)C2C(=O)N1Cc1ccccc1. The second-order valence-electron chi connectivity index (χ2n) is 14.3. The van der Waals surface area contributed by atoms with Crippen LogP contribution >= 0.6 is 11.6 Å². The number of likely N-dealkylation sites (tertiary alicyclic amines) is 1. The van der Waals surface area contributed by atoms with Gasteiger partial charge in [0.1, 0.15) is 11.6 Å². The van der Waals surface area contributed by atoms with Crippen LogP contribution in [0.3, 0.4) is 0 Å². The van der Waals surface area contributed by atoms with E-state index in [1.165, 1.54) is 29.2 Å². The van der Waals surface area contributed by atoms with Crippen molar-refractivity contribution in [2.24, 2.45) is 23.7 Å². The van der Waals surface area contributed by atoms with E-state index in [0.717, 1.165) is 21.5 Å². The summed E-state index contributed by atoms with van der Waals surface area (Å²) in [6.07, 6.45) is 2.33. The molecule has 2 aliphatic heterocycles. The number of amides is 4. The van der Waals surface area contributed by atoms with Gasteiger partial charge in [0.15, 0.2) is 0 Å². The third-order valence-corrected chi connectivity index (χ3v) is 12.0. The zero-order valence-corrected chi connectivity index (χ0v) is 29.0. The van der Waals surface area contributed by atoms with Gasteiger partial charge in [0, 0.05) is 21.9 Å². The lowest BCUT2D eigenvalue weighted by Crippen LogP contribution is -2.53. The Morgan fingerprint density at radius 3 is 2.26 bits per heavy atom. The number of phenols is 1. The summed E-state index contributed by atoms with van der Waals surface area (Å²) in [4.78, 5) is 60.0. The summed E-state index contributed by atoms with van der Waals surface area (Å²) in [7, 11) is 0. The molecule has 53 heavy (non-hydrogen) atoms. The van der Waals surface area contributed by atoms with E-state index < -0.39 is 52.6 Å². The number of imide groups is 2. The van der Waals surface area contributed by atoms with E-state index in [1.807, 2.05) is 60.7 Å². The highest BCUT2D eigenvalue weighted by molar-refractivity contribution is 6.30. The van der Waals surface area contributed by atoms with Crippen LogP contribution in [0.1, 0.15) is 35.4 Å². The van der Waals surface area contributed by atoms with Crippen molar-refractivity contribution in [1.29, 1.82) is 0 Å². The summed E-state index contributed by atoms with van der Waals surface area (Å²) >= 11 is 6.39. The minimum Gasteiger partial charge on any atom is -0.507 e. The van der Waals surface area contributed by atoms with Gasteiger partial charge in [0.05, 0.1) is 35.4 Å². The van der Waals surface area contributed by atoms with Crippen molar-refractivity contribution in [2.45, 2.75) is 30.7 Å². The molecule has 9 rings (SSSR count). The number of nitrogens with one attached hydrogen (secondary N) is 1. The number of phenolic OH excluding ortho intramolecular Hbond substituents is 1. The van der Waals surface area contributed by atoms with Gasteiger partial charge in [0.25, 0.3) is 11.8 Å². The van der Waals surface area contributed by atoms with Crippen LogP contribution in [0.2, 0.25) is 5.02 Å². The lowest BCUT2D eigenvalue weighted by atomic mass is 9.49. The molecule has 5 aromatic rings. The number of hydrogen-bond donors (Lipinski definition) is 2. The molecule has 2 heterocycles. The number of anilines is 1. The fourth-order valence-electron chi connectivity index (χ4n) is 9.49. The first-order valence-corrected chi connectivity index (χ1v) is 18.0. The molecule has 4 amide bonds. The first-order valence-electron chi connectivity index (χ1n) is 17.6. The van der Waals surface area contributed by atoms with Crippen molar-refractivity contribution in [3.05, 3.63) is 154 Å². The van der Waals surface area contributed by atoms with E-state index in [4.69, 9.17) is 11.6 Å². The molecule has 3 fully saturated rings. The van der Waals surface area contributed by atoms with E-state index in [-0.39, 0.29) is 37.0 Å². The molecule has 4 aliphatic rings.